The van der Waals surface area contributed by atoms with Crippen LogP contribution in [-0.2, 0) is 13.1 Å². The van der Waals surface area contributed by atoms with Crippen LogP contribution in [-0.4, -0.2) is 32.1 Å². The molecule has 33 heavy (non-hydrogen) atoms. The van der Waals surface area contributed by atoms with E-state index in [1.165, 1.54) is 5.56 Å². The molecule has 7 heteroatoms. The highest BCUT2D eigenvalue weighted by molar-refractivity contribution is 5.67. The minimum atomic E-state index is 0.501. The van der Waals surface area contributed by atoms with Gasteiger partial charge in [-0.1, -0.05) is 47.6 Å². The fourth-order valence-corrected chi connectivity index (χ4v) is 3.61. The van der Waals surface area contributed by atoms with Crippen LogP contribution in [0.4, 0.5) is 0 Å². The van der Waals surface area contributed by atoms with Gasteiger partial charge in [0, 0.05) is 30.1 Å². The lowest BCUT2D eigenvalue weighted by molar-refractivity contribution is 0.258. The number of pyridine rings is 1. The highest BCUT2D eigenvalue weighted by atomic mass is 16.5. The summed E-state index contributed by atoms with van der Waals surface area (Å²) >= 11 is 0. The van der Waals surface area contributed by atoms with Gasteiger partial charge in [-0.15, -0.1) is 0 Å². The second-order valence-corrected chi connectivity index (χ2v) is 7.89. The van der Waals surface area contributed by atoms with Crippen molar-refractivity contribution in [3.05, 3.63) is 96.5 Å². The van der Waals surface area contributed by atoms with Crippen molar-refractivity contribution in [2.45, 2.75) is 20.0 Å². The Balaban J connectivity index is 1.26. The van der Waals surface area contributed by atoms with Crippen LogP contribution in [0.2, 0.25) is 0 Å². The largest absolute Gasteiger partial charge is 0.441 e. The van der Waals surface area contributed by atoms with Gasteiger partial charge in [0.25, 0.3) is 0 Å². The van der Waals surface area contributed by atoms with Gasteiger partial charge in [-0.3, -0.25) is 9.88 Å². The molecule has 7 nitrogen and oxygen atoms in total. The predicted octanol–water partition coefficient (Wildman–Crippen LogP) is 5.39. The minimum Gasteiger partial charge on any atom is -0.441 e. The fourth-order valence-electron chi connectivity index (χ4n) is 3.61. The summed E-state index contributed by atoms with van der Waals surface area (Å²) in [5.41, 5.74) is 5.00. The average Bonchev–Trinajstić information content (AvgIpc) is 3.47. The average molecular weight is 438 g/mol. The molecule has 0 radical (unpaired) electrons. The Morgan fingerprint density at radius 3 is 2.27 bits per heavy atom. The van der Waals surface area contributed by atoms with Crippen molar-refractivity contribution in [2.24, 2.45) is 0 Å². The molecule has 0 aliphatic rings. The molecule has 3 aromatic heterocycles. The van der Waals surface area contributed by atoms with Gasteiger partial charge in [0.2, 0.25) is 17.6 Å². The number of rotatable bonds is 7. The maximum atomic E-state index is 5.96. The number of hydrogen-bond acceptors (Lipinski definition) is 7. The standard InChI is InChI=1S/C26H23N5O2/c1-18-23(16-31(2)17-24-29-25(30-33-24)22-9-6-14-27-15-22)28-26(32-18)21-12-10-20(11-13-21)19-7-4-3-5-8-19/h3-15H,16-17H2,1-2H3. The zero-order valence-electron chi connectivity index (χ0n) is 18.5. The molecule has 0 bridgehead atoms. The van der Waals surface area contributed by atoms with E-state index in [1.54, 1.807) is 12.4 Å². The van der Waals surface area contributed by atoms with Gasteiger partial charge in [0.05, 0.1) is 12.2 Å². The van der Waals surface area contributed by atoms with Crippen LogP contribution in [0.15, 0.2) is 88.1 Å². The van der Waals surface area contributed by atoms with Crippen molar-refractivity contribution in [1.29, 1.82) is 0 Å². The number of aromatic nitrogens is 4. The van der Waals surface area contributed by atoms with Gasteiger partial charge in [0.1, 0.15) is 5.76 Å². The topological polar surface area (TPSA) is 81.1 Å². The molecule has 0 saturated carbocycles. The summed E-state index contributed by atoms with van der Waals surface area (Å²) in [4.78, 5) is 15.4. The Labute approximate surface area is 191 Å². The molecule has 0 atom stereocenters. The van der Waals surface area contributed by atoms with Crippen molar-refractivity contribution in [3.8, 4) is 34.0 Å². The molecule has 5 aromatic rings. The first-order chi connectivity index (χ1) is 16.2. The molecule has 2 aromatic carbocycles. The van der Waals surface area contributed by atoms with Crippen molar-refractivity contribution in [2.75, 3.05) is 7.05 Å². The lowest BCUT2D eigenvalue weighted by Gasteiger charge is -2.12. The van der Waals surface area contributed by atoms with E-state index in [9.17, 15) is 0 Å². The summed E-state index contributed by atoms with van der Waals surface area (Å²) in [7, 11) is 1.98. The van der Waals surface area contributed by atoms with Gasteiger partial charge in [-0.05, 0) is 49.4 Å². The zero-order chi connectivity index (χ0) is 22.6. The number of benzene rings is 2. The molecule has 164 valence electrons. The van der Waals surface area contributed by atoms with Crippen LogP contribution >= 0.6 is 0 Å². The Hall–Kier alpha value is -4.10. The normalized spacial score (nSPS) is 11.2. The van der Waals surface area contributed by atoms with Gasteiger partial charge in [-0.2, -0.15) is 4.98 Å². The molecule has 0 aliphatic carbocycles. The summed E-state index contributed by atoms with van der Waals surface area (Å²) < 4.78 is 11.4. The SMILES string of the molecule is Cc1oc(-c2ccc(-c3ccccc3)cc2)nc1CN(C)Cc1nc(-c2cccnc2)no1. The third-order valence-electron chi connectivity index (χ3n) is 5.34. The highest BCUT2D eigenvalue weighted by Gasteiger charge is 2.16. The molecule has 0 amide bonds. The molecule has 0 aliphatic heterocycles. The summed E-state index contributed by atoms with van der Waals surface area (Å²) in [6.07, 6.45) is 3.43. The predicted molar refractivity (Wildman–Crippen MR) is 125 cm³/mol. The quantitative estimate of drug-likeness (QED) is 0.337. The molecule has 0 saturated heterocycles. The maximum absolute atomic E-state index is 5.96. The molecular formula is C26H23N5O2. The first kappa shape index (κ1) is 20.8. The van der Waals surface area contributed by atoms with E-state index in [0.717, 1.165) is 28.1 Å². The Morgan fingerprint density at radius 1 is 0.788 bits per heavy atom. The molecular weight excluding hydrogens is 414 g/mol. The third-order valence-corrected chi connectivity index (χ3v) is 5.34. The molecule has 5 rings (SSSR count). The van der Waals surface area contributed by atoms with Gasteiger partial charge in [0.15, 0.2) is 0 Å². The number of oxazole rings is 1. The van der Waals surface area contributed by atoms with Crippen molar-refractivity contribution >= 4 is 0 Å². The Kier molecular flexibility index (Phi) is 5.78. The van der Waals surface area contributed by atoms with E-state index in [0.29, 0.717) is 30.7 Å². The molecule has 0 N–H and O–H groups in total. The smallest absolute Gasteiger partial charge is 0.241 e. The Bertz CT molecular complexity index is 1330. The van der Waals surface area contributed by atoms with Gasteiger partial charge in [-0.25, -0.2) is 4.98 Å². The zero-order valence-corrected chi connectivity index (χ0v) is 18.5. The second-order valence-electron chi connectivity index (χ2n) is 7.89. The van der Waals surface area contributed by atoms with E-state index in [4.69, 9.17) is 13.9 Å². The number of aryl methyl sites for hydroxylation is 1. The van der Waals surface area contributed by atoms with Crippen LogP contribution in [0, 0.1) is 6.92 Å². The van der Waals surface area contributed by atoms with Crippen LogP contribution in [0.25, 0.3) is 34.0 Å². The van der Waals surface area contributed by atoms with E-state index in [-0.39, 0.29) is 0 Å². The maximum Gasteiger partial charge on any atom is 0.241 e. The lowest BCUT2D eigenvalue weighted by Crippen LogP contribution is -2.18. The summed E-state index contributed by atoms with van der Waals surface area (Å²) in [5.74, 6) is 2.48. The van der Waals surface area contributed by atoms with E-state index >= 15 is 0 Å². The molecule has 0 fully saturated rings. The van der Waals surface area contributed by atoms with E-state index < -0.39 is 0 Å². The van der Waals surface area contributed by atoms with Crippen LogP contribution in [0.5, 0.6) is 0 Å². The molecule has 0 unspecified atom stereocenters. The van der Waals surface area contributed by atoms with Gasteiger partial charge < -0.3 is 8.94 Å². The van der Waals surface area contributed by atoms with Crippen LogP contribution in [0.1, 0.15) is 17.3 Å². The molecule has 0 spiro atoms. The minimum absolute atomic E-state index is 0.501. The fraction of sp³-hybridized carbons (Fsp3) is 0.154. The van der Waals surface area contributed by atoms with Crippen molar-refractivity contribution in [1.82, 2.24) is 25.0 Å². The van der Waals surface area contributed by atoms with E-state index in [1.807, 2.05) is 56.4 Å². The Morgan fingerprint density at radius 2 is 1.52 bits per heavy atom. The van der Waals surface area contributed by atoms with Crippen LogP contribution in [0.3, 0.4) is 0 Å². The van der Waals surface area contributed by atoms with Crippen molar-refractivity contribution < 1.29 is 8.94 Å². The summed E-state index contributed by atoms with van der Waals surface area (Å²) in [6, 6.07) is 22.3. The second kappa shape index (κ2) is 9.18. The van der Waals surface area contributed by atoms with E-state index in [2.05, 4.69) is 44.3 Å². The summed E-state index contributed by atoms with van der Waals surface area (Å²) in [5, 5.41) is 4.05. The number of hydrogen-bond donors (Lipinski definition) is 0. The number of nitrogens with zero attached hydrogens (tertiary/aromatic N) is 5. The summed E-state index contributed by atoms with van der Waals surface area (Å²) in [6.45, 7) is 3.04. The molecule has 3 heterocycles. The van der Waals surface area contributed by atoms with Crippen molar-refractivity contribution in [3.63, 3.8) is 0 Å². The monoisotopic (exact) mass is 437 g/mol. The third kappa shape index (κ3) is 4.73. The first-order valence-electron chi connectivity index (χ1n) is 10.7. The highest BCUT2D eigenvalue weighted by Crippen LogP contribution is 2.26. The van der Waals surface area contributed by atoms with Crippen LogP contribution < -0.4 is 0 Å². The lowest BCUT2D eigenvalue weighted by atomic mass is 10.0. The van der Waals surface area contributed by atoms with Gasteiger partial charge >= 0.3 is 0 Å². The first-order valence-corrected chi connectivity index (χ1v) is 10.7.